The van der Waals surface area contributed by atoms with Gasteiger partial charge in [-0.15, -0.1) is 0 Å². The number of hydrogen-bond acceptors (Lipinski definition) is 6. The van der Waals surface area contributed by atoms with Gasteiger partial charge in [-0.2, -0.15) is 22.0 Å². The fourth-order valence-electron chi connectivity index (χ4n) is 5.26. The Kier molecular flexibility index (Phi) is 11.5. The zero-order valence-corrected chi connectivity index (χ0v) is 25.7. The smallest absolute Gasteiger partial charge is 0.453 e. The highest BCUT2D eigenvalue weighted by molar-refractivity contribution is 7.91. The normalized spacial score (nSPS) is 20.0. The van der Waals surface area contributed by atoms with Gasteiger partial charge in [-0.25, -0.2) is 12.7 Å². The molecule has 7 nitrogen and oxygen atoms in total. The number of sulfonamides is 1. The number of alkyl halides is 5. The quantitative estimate of drug-likeness (QED) is 0.178. The van der Waals surface area contributed by atoms with Crippen LogP contribution >= 0.6 is 0 Å². The van der Waals surface area contributed by atoms with Gasteiger partial charge in [-0.1, -0.05) is 38.0 Å². The lowest BCUT2D eigenvalue weighted by atomic mass is 9.66. The summed E-state index contributed by atoms with van der Waals surface area (Å²) in [5.41, 5.74) is 1.52. The zero-order chi connectivity index (χ0) is 32.1. The van der Waals surface area contributed by atoms with Gasteiger partial charge in [0.1, 0.15) is 17.2 Å². The van der Waals surface area contributed by atoms with Crippen molar-refractivity contribution >= 4 is 20.8 Å². The molecule has 0 saturated heterocycles. The van der Waals surface area contributed by atoms with E-state index < -0.39 is 62.7 Å². The maximum absolute atomic E-state index is 13.0. The van der Waals surface area contributed by atoms with E-state index in [1.165, 1.54) is 7.05 Å². The summed E-state index contributed by atoms with van der Waals surface area (Å²) >= 11 is 0. The molecule has 242 valence electrons. The van der Waals surface area contributed by atoms with E-state index in [1.54, 1.807) is 24.3 Å². The van der Waals surface area contributed by atoms with Crippen molar-refractivity contribution in [2.45, 2.75) is 68.9 Å². The van der Waals surface area contributed by atoms with Crippen molar-refractivity contribution in [2.24, 2.45) is 0 Å². The topological polar surface area (TPSA) is 104 Å². The molecular weight excluding hydrogens is 617 g/mol. The maximum Gasteiger partial charge on any atom is 0.453 e. The first kappa shape index (κ1) is 35.0. The molecule has 0 aromatic heterocycles. The van der Waals surface area contributed by atoms with Gasteiger partial charge in [0.2, 0.25) is 10.0 Å². The van der Waals surface area contributed by atoms with Crippen LogP contribution in [0.25, 0.3) is 0 Å². The fourth-order valence-corrected chi connectivity index (χ4v) is 8.24. The van der Waals surface area contributed by atoms with Crippen LogP contribution in [0, 0.1) is 0 Å². The Morgan fingerprint density at radius 3 is 2.28 bits per heavy atom. The Balaban J connectivity index is 1.50. The summed E-state index contributed by atoms with van der Waals surface area (Å²) in [4.78, 5) is 0. The highest BCUT2D eigenvalue weighted by atomic mass is 32.2. The van der Waals surface area contributed by atoms with E-state index in [-0.39, 0.29) is 29.7 Å². The number of fused-ring (bicyclic) bond motifs is 1. The first-order valence-electron chi connectivity index (χ1n) is 13.9. The van der Waals surface area contributed by atoms with Crippen molar-refractivity contribution < 1.29 is 49.5 Å². The number of halogens is 5. The summed E-state index contributed by atoms with van der Waals surface area (Å²) in [7, 11) is -4.24. The predicted molar refractivity (Wildman–Crippen MR) is 155 cm³/mol. The van der Waals surface area contributed by atoms with Gasteiger partial charge < -0.3 is 14.9 Å². The number of rotatable bonds is 15. The SMILES string of the molecule is CN(CCCCCC1c2ccc(O)cc2OCC1(C)c1ccc(O)cc1)S(=O)(=O)CCS(=O)CCCC(F)(F)C(F)(F)F. The van der Waals surface area contributed by atoms with Crippen molar-refractivity contribution in [1.29, 1.82) is 0 Å². The van der Waals surface area contributed by atoms with E-state index in [0.29, 0.717) is 25.2 Å². The molecule has 14 heteroatoms. The minimum atomic E-state index is -5.67. The molecule has 0 bridgehead atoms. The van der Waals surface area contributed by atoms with Crippen LogP contribution in [0.15, 0.2) is 42.5 Å². The van der Waals surface area contributed by atoms with Crippen LogP contribution in [0.4, 0.5) is 22.0 Å². The van der Waals surface area contributed by atoms with Crippen LogP contribution in [0.2, 0.25) is 0 Å². The number of aromatic hydroxyl groups is 2. The molecule has 1 aliphatic rings. The summed E-state index contributed by atoms with van der Waals surface area (Å²) < 4.78 is 107. The average Bonchev–Trinajstić information content (AvgIpc) is 2.92. The number of phenols is 2. The Labute approximate surface area is 251 Å². The van der Waals surface area contributed by atoms with Crippen molar-refractivity contribution in [3.8, 4) is 17.2 Å². The largest absolute Gasteiger partial charge is 0.508 e. The molecule has 43 heavy (non-hydrogen) atoms. The van der Waals surface area contributed by atoms with Gasteiger partial charge >= 0.3 is 12.1 Å². The second-order valence-corrected chi connectivity index (χ2v) is 15.1. The molecule has 0 radical (unpaired) electrons. The third kappa shape index (κ3) is 9.04. The molecule has 1 aliphatic heterocycles. The standard InChI is InChI=1S/C29H38F5NO6S2/c1-27(21-8-10-22(36)11-9-21)20-41-26-19-23(37)12-13-24(26)25(27)7-4-3-5-15-35(2)43(39,40)18-17-42(38)16-6-14-28(30,31)29(32,33)34/h8-13,19,25,36-37H,3-7,14-18,20H2,1-2H3. The fraction of sp³-hybridized carbons (Fsp3) is 0.586. The molecule has 2 aromatic rings. The first-order valence-corrected chi connectivity index (χ1v) is 17.0. The van der Waals surface area contributed by atoms with Crippen LogP contribution in [0.1, 0.15) is 62.5 Å². The average molecular weight is 656 g/mol. The summed E-state index contributed by atoms with van der Waals surface area (Å²) in [6.07, 6.45) is -5.04. The molecule has 0 aliphatic carbocycles. The summed E-state index contributed by atoms with van der Waals surface area (Å²) in [5, 5.41) is 19.7. The molecule has 0 fully saturated rings. The number of phenolic OH excluding ortho intramolecular Hbond substituents is 2. The van der Waals surface area contributed by atoms with Crippen molar-refractivity contribution in [1.82, 2.24) is 4.31 Å². The summed E-state index contributed by atoms with van der Waals surface area (Å²) in [6, 6.07) is 12.0. The minimum absolute atomic E-state index is 0.0221. The number of benzene rings is 2. The van der Waals surface area contributed by atoms with Gasteiger partial charge in [0, 0.05) is 59.7 Å². The van der Waals surface area contributed by atoms with E-state index in [4.69, 9.17) is 4.74 Å². The van der Waals surface area contributed by atoms with Crippen LogP contribution < -0.4 is 4.74 Å². The molecule has 0 saturated carbocycles. The summed E-state index contributed by atoms with van der Waals surface area (Å²) in [6.45, 7) is 2.66. The van der Waals surface area contributed by atoms with E-state index in [0.717, 1.165) is 28.3 Å². The van der Waals surface area contributed by atoms with Crippen molar-refractivity contribution in [2.75, 3.05) is 37.5 Å². The van der Waals surface area contributed by atoms with Gasteiger partial charge in [0.05, 0.1) is 12.4 Å². The lowest BCUT2D eigenvalue weighted by Gasteiger charge is -2.43. The summed E-state index contributed by atoms with van der Waals surface area (Å²) in [5.74, 6) is -5.27. The van der Waals surface area contributed by atoms with Crippen molar-refractivity contribution in [3.63, 3.8) is 0 Å². The number of ether oxygens (including phenoxy) is 1. The van der Waals surface area contributed by atoms with Crippen LogP contribution in [-0.4, -0.2) is 76.7 Å². The van der Waals surface area contributed by atoms with Gasteiger partial charge in [0.15, 0.2) is 0 Å². The van der Waals surface area contributed by atoms with E-state index >= 15 is 0 Å². The van der Waals surface area contributed by atoms with Gasteiger partial charge in [-0.3, -0.25) is 4.21 Å². The zero-order valence-electron chi connectivity index (χ0n) is 24.1. The Morgan fingerprint density at radius 1 is 0.977 bits per heavy atom. The van der Waals surface area contributed by atoms with E-state index in [1.807, 2.05) is 18.2 Å². The molecule has 3 unspecified atom stereocenters. The molecule has 3 rings (SSSR count). The minimum Gasteiger partial charge on any atom is -0.508 e. The van der Waals surface area contributed by atoms with Gasteiger partial charge in [0.25, 0.3) is 0 Å². The predicted octanol–water partition coefficient (Wildman–Crippen LogP) is 6.08. The maximum atomic E-state index is 13.0. The highest BCUT2D eigenvalue weighted by Crippen LogP contribution is 2.49. The Morgan fingerprint density at radius 2 is 1.63 bits per heavy atom. The van der Waals surface area contributed by atoms with E-state index in [2.05, 4.69) is 6.92 Å². The van der Waals surface area contributed by atoms with Gasteiger partial charge in [-0.05, 0) is 48.6 Å². The van der Waals surface area contributed by atoms with Crippen LogP contribution in [-0.2, 0) is 26.2 Å². The lowest BCUT2D eigenvalue weighted by molar-refractivity contribution is -0.284. The monoisotopic (exact) mass is 655 g/mol. The molecular formula is C29H38F5NO6S2. The molecule has 1 heterocycles. The lowest BCUT2D eigenvalue weighted by Crippen LogP contribution is -2.40. The third-order valence-electron chi connectivity index (χ3n) is 7.98. The second kappa shape index (κ2) is 14.1. The van der Waals surface area contributed by atoms with Crippen molar-refractivity contribution in [3.05, 3.63) is 53.6 Å². The number of unbranched alkanes of at least 4 members (excludes halogenated alkanes) is 2. The Bertz CT molecular complexity index is 1350. The van der Waals surface area contributed by atoms with Crippen LogP contribution in [0.5, 0.6) is 17.2 Å². The molecule has 2 aromatic carbocycles. The van der Waals surface area contributed by atoms with E-state index in [9.17, 15) is 44.8 Å². The molecule has 0 spiro atoms. The Hall–Kier alpha value is -2.45. The first-order chi connectivity index (χ1) is 20.0. The highest BCUT2D eigenvalue weighted by Gasteiger charge is 2.56. The molecule has 2 N–H and O–H groups in total. The third-order valence-corrected chi connectivity index (χ3v) is 11.5. The second-order valence-electron chi connectivity index (χ2n) is 11.2. The number of hydrogen-bond donors (Lipinski definition) is 2. The van der Waals surface area contributed by atoms with Crippen LogP contribution in [0.3, 0.4) is 0 Å². The number of nitrogens with zero attached hydrogens (tertiary/aromatic N) is 1. The molecule has 0 amide bonds. The molecule has 3 atom stereocenters.